The fourth-order valence-electron chi connectivity index (χ4n) is 3.87. The fourth-order valence-corrected chi connectivity index (χ4v) is 5.01. The third-order valence-electron chi connectivity index (χ3n) is 5.53. The molecule has 1 amide bonds. The highest BCUT2D eigenvalue weighted by molar-refractivity contribution is 7.22. The van der Waals surface area contributed by atoms with Crippen LogP contribution in [0, 0.1) is 6.92 Å². The van der Waals surface area contributed by atoms with Crippen molar-refractivity contribution in [3.63, 3.8) is 0 Å². The van der Waals surface area contributed by atoms with Crippen LogP contribution < -0.4 is 10.9 Å². The number of para-hydroxylation sites is 1. The average Bonchev–Trinajstić information content (AvgIpc) is 3.19. The normalized spacial score (nSPS) is 10.9. The quantitative estimate of drug-likeness (QED) is 0.371. The van der Waals surface area contributed by atoms with Crippen molar-refractivity contribution >= 4 is 33.1 Å². The lowest BCUT2D eigenvalue weighted by Gasteiger charge is -2.09. The van der Waals surface area contributed by atoms with E-state index in [4.69, 9.17) is 0 Å². The van der Waals surface area contributed by atoms with Crippen LogP contribution in [0.15, 0.2) is 96.1 Å². The van der Waals surface area contributed by atoms with Crippen LogP contribution in [0.5, 0.6) is 0 Å². The second-order valence-corrected chi connectivity index (χ2v) is 8.80. The Morgan fingerprint density at radius 2 is 1.70 bits per heavy atom. The number of thiophene rings is 1. The molecular weight excluding hydrogens is 430 g/mol. The first-order chi connectivity index (χ1) is 16.1. The third kappa shape index (κ3) is 4.21. The maximum atomic E-state index is 13.3. The predicted molar refractivity (Wildman–Crippen MR) is 134 cm³/mol. The number of carbonyl (C=O) groups is 1. The molecule has 0 bridgehead atoms. The molecule has 0 radical (unpaired) electrons. The van der Waals surface area contributed by atoms with Crippen molar-refractivity contribution in [1.29, 1.82) is 0 Å². The maximum absolute atomic E-state index is 13.3. The Bertz CT molecular complexity index is 1510. The number of rotatable bonds is 5. The van der Waals surface area contributed by atoms with E-state index in [1.165, 1.54) is 11.3 Å². The van der Waals surface area contributed by atoms with Gasteiger partial charge in [0, 0.05) is 16.1 Å². The summed E-state index contributed by atoms with van der Waals surface area (Å²) in [5.74, 6) is -0.190. The van der Waals surface area contributed by atoms with Crippen molar-refractivity contribution < 1.29 is 4.79 Å². The van der Waals surface area contributed by atoms with Crippen LogP contribution in [0.1, 0.15) is 21.5 Å². The minimum atomic E-state index is -0.190. The third-order valence-corrected chi connectivity index (χ3v) is 6.78. The molecule has 0 saturated carbocycles. The maximum Gasteiger partial charge on any atom is 0.262 e. The van der Waals surface area contributed by atoms with E-state index < -0.39 is 0 Å². The molecule has 3 aromatic carbocycles. The summed E-state index contributed by atoms with van der Waals surface area (Å²) in [5.41, 5.74) is 4.09. The number of fused-ring (bicyclic) bond motifs is 1. The van der Waals surface area contributed by atoms with E-state index in [0.717, 1.165) is 32.1 Å². The number of aryl methyl sites for hydroxylation is 1. The number of carbonyl (C=O) groups excluding carboxylic acids is 1. The summed E-state index contributed by atoms with van der Waals surface area (Å²) in [6.45, 7) is 2.31. The van der Waals surface area contributed by atoms with E-state index in [2.05, 4.69) is 10.3 Å². The van der Waals surface area contributed by atoms with E-state index in [9.17, 15) is 9.59 Å². The molecule has 33 heavy (non-hydrogen) atoms. The summed E-state index contributed by atoms with van der Waals surface area (Å²) in [6.07, 6.45) is 1.59. The highest BCUT2D eigenvalue weighted by atomic mass is 32.1. The molecule has 0 aliphatic heterocycles. The minimum Gasteiger partial charge on any atom is -0.322 e. The summed E-state index contributed by atoms with van der Waals surface area (Å²) < 4.78 is 1.60. The lowest BCUT2D eigenvalue weighted by atomic mass is 10.1. The zero-order valence-corrected chi connectivity index (χ0v) is 18.8. The number of hydrogen-bond acceptors (Lipinski definition) is 4. The predicted octanol–water partition coefficient (Wildman–Crippen LogP) is 5.73. The Morgan fingerprint density at radius 1 is 0.970 bits per heavy atom. The van der Waals surface area contributed by atoms with E-state index in [-0.39, 0.29) is 11.5 Å². The molecule has 0 fully saturated rings. The molecule has 0 atom stereocenters. The smallest absolute Gasteiger partial charge is 0.262 e. The molecule has 5 aromatic rings. The molecule has 0 aliphatic carbocycles. The summed E-state index contributed by atoms with van der Waals surface area (Å²) in [6, 6.07) is 26.7. The van der Waals surface area contributed by atoms with Crippen LogP contribution in [0.3, 0.4) is 0 Å². The number of aromatic nitrogens is 2. The average molecular weight is 452 g/mol. The van der Waals surface area contributed by atoms with E-state index in [1.54, 1.807) is 17.0 Å². The SMILES string of the molecule is Cc1c(-c2ccccc2)sc2ncn(Cc3cccc(C(=O)Nc4ccccc4)c3)c(=O)c12. The van der Waals surface area contributed by atoms with Crippen molar-refractivity contribution in [3.8, 4) is 10.4 Å². The van der Waals surface area contributed by atoms with Gasteiger partial charge in [0.15, 0.2) is 0 Å². The number of benzene rings is 3. The van der Waals surface area contributed by atoms with Gasteiger partial charge < -0.3 is 5.32 Å². The zero-order chi connectivity index (χ0) is 22.8. The fraction of sp³-hybridized carbons (Fsp3) is 0.0741. The second kappa shape index (κ2) is 8.84. The number of nitrogens with one attached hydrogen (secondary N) is 1. The van der Waals surface area contributed by atoms with Crippen LogP contribution in [-0.4, -0.2) is 15.5 Å². The summed E-state index contributed by atoms with van der Waals surface area (Å²) in [7, 11) is 0. The van der Waals surface area contributed by atoms with Crippen LogP contribution in [0.2, 0.25) is 0 Å². The van der Waals surface area contributed by atoms with Gasteiger partial charge in [-0.2, -0.15) is 0 Å². The summed E-state index contributed by atoms with van der Waals surface area (Å²) in [4.78, 5) is 32.3. The van der Waals surface area contributed by atoms with Gasteiger partial charge in [0.1, 0.15) is 4.83 Å². The Kier molecular flexibility index (Phi) is 5.59. The molecule has 5 nitrogen and oxygen atoms in total. The van der Waals surface area contributed by atoms with Gasteiger partial charge in [-0.15, -0.1) is 11.3 Å². The lowest BCUT2D eigenvalue weighted by Crippen LogP contribution is -2.21. The lowest BCUT2D eigenvalue weighted by molar-refractivity contribution is 0.102. The zero-order valence-electron chi connectivity index (χ0n) is 18.0. The molecule has 2 aromatic heterocycles. The molecule has 1 N–H and O–H groups in total. The van der Waals surface area contributed by atoms with E-state index in [1.807, 2.05) is 85.8 Å². The van der Waals surface area contributed by atoms with Gasteiger partial charge in [-0.3, -0.25) is 14.2 Å². The largest absolute Gasteiger partial charge is 0.322 e. The van der Waals surface area contributed by atoms with Gasteiger partial charge in [0.2, 0.25) is 0 Å². The van der Waals surface area contributed by atoms with Gasteiger partial charge in [-0.05, 0) is 47.9 Å². The molecule has 6 heteroatoms. The topological polar surface area (TPSA) is 64.0 Å². The number of hydrogen-bond donors (Lipinski definition) is 1. The van der Waals surface area contributed by atoms with Crippen LogP contribution in [0.4, 0.5) is 5.69 Å². The van der Waals surface area contributed by atoms with Crippen molar-refractivity contribution in [2.24, 2.45) is 0 Å². The number of amides is 1. The van der Waals surface area contributed by atoms with E-state index in [0.29, 0.717) is 17.5 Å². The van der Waals surface area contributed by atoms with Crippen molar-refractivity contribution in [2.45, 2.75) is 13.5 Å². The minimum absolute atomic E-state index is 0.0740. The van der Waals surface area contributed by atoms with Crippen molar-refractivity contribution in [1.82, 2.24) is 9.55 Å². The molecule has 0 unspecified atom stereocenters. The monoisotopic (exact) mass is 451 g/mol. The van der Waals surface area contributed by atoms with Gasteiger partial charge in [-0.25, -0.2) is 4.98 Å². The Hall–Kier alpha value is -4.03. The Morgan fingerprint density at radius 3 is 2.45 bits per heavy atom. The van der Waals surface area contributed by atoms with Crippen molar-refractivity contribution in [3.05, 3.63) is 118 Å². The van der Waals surface area contributed by atoms with Gasteiger partial charge in [0.05, 0.1) is 18.3 Å². The molecule has 0 spiro atoms. The molecule has 5 rings (SSSR count). The van der Waals surface area contributed by atoms with Gasteiger partial charge in [-0.1, -0.05) is 60.7 Å². The first-order valence-corrected chi connectivity index (χ1v) is 11.4. The van der Waals surface area contributed by atoms with E-state index >= 15 is 0 Å². The van der Waals surface area contributed by atoms with Gasteiger partial charge in [0.25, 0.3) is 11.5 Å². The molecule has 0 aliphatic rings. The second-order valence-electron chi connectivity index (χ2n) is 7.80. The number of anilines is 1. The standard InChI is InChI=1S/C27H21N3O2S/c1-18-23-26(33-24(18)20-10-4-2-5-11-20)28-17-30(27(23)32)16-19-9-8-12-21(15-19)25(31)29-22-13-6-3-7-14-22/h2-15,17H,16H2,1H3,(H,29,31). The first-order valence-electron chi connectivity index (χ1n) is 10.6. The molecule has 0 saturated heterocycles. The van der Waals surface area contributed by atoms with Crippen molar-refractivity contribution in [2.75, 3.05) is 5.32 Å². The van der Waals surface area contributed by atoms with Gasteiger partial charge >= 0.3 is 0 Å². The summed E-state index contributed by atoms with van der Waals surface area (Å²) in [5, 5.41) is 3.54. The van der Waals surface area contributed by atoms with Crippen LogP contribution >= 0.6 is 11.3 Å². The Balaban J connectivity index is 1.44. The Labute approximate surface area is 195 Å². The molecular formula is C27H21N3O2S. The molecule has 2 heterocycles. The highest BCUT2D eigenvalue weighted by Gasteiger charge is 2.16. The van der Waals surface area contributed by atoms with Crippen LogP contribution in [0.25, 0.3) is 20.7 Å². The molecule has 162 valence electrons. The first kappa shape index (κ1) is 20.8. The summed E-state index contributed by atoms with van der Waals surface area (Å²) >= 11 is 1.54. The highest BCUT2D eigenvalue weighted by Crippen LogP contribution is 2.35. The number of nitrogens with zero attached hydrogens (tertiary/aromatic N) is 2. The van der Waals surface area contributed by atoms with Crippen LogP contribution in [-0.2, 0) is 6.54 Å².